The Kier molecular flexibility index (Phi) is 3.80. The number of halogens is 1. The van der Waals surface area contributed by atoms with E-state index >= 15 is 0 Å². The van der Waals surface area contributed by atoms with Crippen molar-refractivity contribution in [2.75, 3.05) is 0 Å². The Morgan fingerprint density at radius 1 is 1.06 bits per heavy atom. The smallest absolute Gasteiger partial charge is 0.343 e. The molecule has 2 rings (SSSR count). The van der Waals surface area contributed by atoms with E-state index in [1.54, 1.807) is 42.5 Å². The predicted octanol–water partition coefficient (Wildman–Crippen LogP) is 4.20. The van der Waals surface area contributed by atoms with Crippen molar-refractivity contribution in [1.82, 2.24) is 0 Å². The largest absolute Gasteiger partial charge is 0.423 e. The van der Waals surface area contributed by atoms with E-state index in [9.17, 15) is 4.79 Å². The molecule has 0 aliphatic heterocycles. The normalized spacial score (nSPS) is 9.83. The van der Waals surface area contributed by atoms with Crippen LogP contribution in [0.4, 0.5) is 0 Å². The van der Waals surface area contributed by atoms with Crippen molar-refractivity contribution in [3.8, 4) is 5.75 Å². The molecule has 0 aliphatic carbocycles. The van der Waals surface area contributed by atoms with Gasteiger partial charge < -0.3 is 4.74 Å². The highest BCUT2D eigenvalue weighted by atomic mass is 35.5. The lowest BCUT2D eigenvalue weighted by molar-refractivity contribution is 0.0735. The van der Waals surface area contributed by atoms with E-state index in [0.717, 1.165) is 5.56 Å². The summed E-state index contributed by atoms with van der Waals surface area (Å²) >= 11 is 5.75. The van der Waals surface area contributed by atoms with Crippen LogP contribution >= 0.6 is 11.6 Å². The first-order chi connectivity index (χ1) is 8.69. The van der Waals surface area contributed by atoms with Gasteiger partial charge in [0.15, 0.2) is 0 Å². The SMILES string of the molecule is C=Cc1ccc(C(=O)Oc2ccc(Cl)cc2)cc1. The van der Waals surface area contributed by atoms with Gasteiger partial charge in [-0.1, -0.05) is 36.4 Å². The molecule has 2 aromatic carbocycles. The fraction of sp³-hybridized carbons (Fsp3) is 0. The van der Waals surface area contributed by atoms with Crippen LogP contribution in [0.2, 0.25) is 5.02 Å². The zero-order chi connectivity index (χ0) is 13.0. The molecule has 0 spiro atoms. The van der Waals surface area contributed by atoms with Crippen LogP contribution in [0, 0.1) is 0 Å². The Balaban J connectivity index is 2.11. The Morgan fingerprint density at radius 2 is 1.67 bits per heavy atom. The second-order valence-electron chi connectivity index (χ2n) is 3.67. The van der Waals surface area contributed by atoms with Crippen molar-refractivity contribution < 1.29 is 9.53 Å². The van der Waals surface area contributed by atoms with Crippen molar-refractivity contribution in [3.05, 3.63) is 71.3 Å². The van der Waals surface area contributed by atoms with Crippen molar-refractivity contribution in [2.45, 2.75) is 0 Å². The molecule has 0 radical (unpaired) electrons. The molecule has 0 aromatic heterocycles. The van der Waals surface area contributed by atoms with Crippen LogP contribution < -0.4 is 4.74 Å². The number of hydrogen-bond acceptors (Lipinski definition) is 2. The van der Waals surface area contributed by atoms with Crippen molar-refractivity contribution in [3.63, 3.8) is 0 Å². The highest BCUT2D eigenvalue weighted by molar-refractivity contribution is 6.30. The number of ether oxygens (including phenoxy) is 1. The first kappa shape index (κ1) is 12.4. The molecule has 0 aliphatic rings. The minimum atomic E-state index is -0.395. The van der Waals surface area contributed by atoms with Crippen LogP contribution in [-0.2, 0) is 0 Å². The van der Waals surface area contributed by atoms with Crippen LogP contribution in [0.3, 0.4) is 0 Å². The summed E-state index contributed by atoms with van der Waals surface area (Å²) in [4.78, 5) is 11.8. The van der Waals surface area contributed by atoms with E-state index in [-0.39, 0.29) is 0 Å². The molecule has 0 unspecified atom stereocenters. The van der Waals surface area contributed by atoms with Gasteiger partial charge >= 0.3 is 5.97 Å². The van der Waals surface area contributed by atoms with Gasteiger partial charge in [0.25, 0.3) is 0 Å². The summed E-state index contributed by atoms with van der Waals surface area (Å²) in [6, 6.07) is 13.7. The van der Waals surface area contributed by atoms with Crippen molar-refractivity contribution in [2.24, 2.45) is 0 Å². The maximum Gasteiger partial charge on any atom is 0.343 e. The Bertz CT molecular complexity index is 556. The molecule has 0 fully saturated rings. The molecule has 0 saturated carbocycles. The minimum Gasteiger partial charge on any atom is -0.423 e. The van der Waals surface area contributed by atoms with Crippen LogP contribution in [-0.4, -0.2) is 5.97 Å². The topological polar surface area (TPSA) is 26.3 Å². The fourth-order valence-electron chi connectivity index (χ4n) is 1.42. The molecule has 2 aromatic rings. The van der Waals surface area contributed by atoms with Crippen LogP contribution in [0.1, 0.15) is 15.9 Å². The molecule has 3 heteroatoms. The van der Waals surface area contributed by atoms with E-state index in [2.05, 4.69) is 6.58 Å². The van der Waals surface area contributed by atoms with E-state index in [0.29, 0.717) is 16.3 Å². The standard InChI is InChI=1S/C15H11ClO2/c1-2-11-3-5-12(6-4-11)15(17)18-14-9-7-13(16)8-10-14/h2-10H,1H2. The lowest BCUT2D eigenvalue weighted by Gasteiger charge is -2.04. The number of benzene rings is 2. The van der Waals surface area contributed by atoms with E-state index in [4.69, 9.17) is 16.3 Å². The maximum atomic E-state index is 11.8. The third-order valence-electron chi connectivity index (χ3n) is 2.41. The number of carbonyl (C=O) groups excluding carboxylic acids is 1. The average molecular weight is 259 g/mol. The summed E-state index contributed by atoms with van der Waals surface area (Å²) in [5.41, 5.74) is 1.45. The van der Waals surface area contributed by atoms with Crippen LogP contribution in [0.5, 0.6) is 5.75 Å². The van der Waals surface area contributed by atoms with Gasteiger partial charge in [-0.3, -0.25) is 0 Å². The van der Waals surface area contributed by atoms with Crippen molar-refractivity contribution in [1.29, 1.82) is 0 Å². The maximum absolute atomic E-state index is 11.8. The molecule has 0 N–H and O–H groups in total. The van der Waals surface area contributed by atoms with E-state index in [1.165, 1.54) is 0 Å². The molecule has 0 atom stereocenters. The molecule has 18 heavy (non-hydrogen) atoms. The quantitative estimate of drug-likeness (QED) is 0.609. The number of hydrogen-bond donors (Lipinski definition) is 0. The lowest BCUT2D eigenvalue weighted by Crippen LogP contribution is -2.08. The Hall–Kier alpha value is -2.06. The highest BCUT2D eigenvalue weighted by Gasteiger charge is 2.07. The first-order valence-corrected chi connectivity index (χ1v) is 5.77. The Morgan fingerprint density at radius 3 is 2.22 bits per heavy atom. The molecular weight excluding hydrogens is 248 g/mol. The summed E-state index contributed by atoms with van der Waals surface area (Å²) in [6.45, 7) is 3.65. The molecule has 90 valence electrons. The predicted molar refractivity (Wildman–Crippen MR) is 72.9 cm³/mol. The van der Waals surface area contributed by atoms with Gasteiger partial charge in [0, 0.05) is 5.02 Å². The van der Waals surface area contributed by atoms with E-state index in [1.807, 2.05) is 12.1 Å². The number of carbonyl (C=O) groups is 1. The van der Waals surface area contributed by atoms with Gasteiger partial charge in [-0.25, -0.2) is 4.79 Å². The molecule has 0 saturated heterocycles. The summed E-state index contributed by atoms with van der Waals surface area (Å²) in [5.74, 6) is 0.0742. The summed E-state index contributed by atoms with van der Waals surface area (Å²) in [7, 11) is 0. The molecule has 0 heterocycles. The molecular formula is C15H11ClO2. The monoisotopic (exact) mass is 258 g/mol. The second-order valence-corrected chi connectivity index (χ2v) is 4.11. The fourth-order valence-corrected chi connectivity index (χ4v) is 1.55. The third-order valence-corrected chi connectivity index (χ3v) is 2.66. The van der Waals surface area contributed by atoms with Crippen LogP contribution in [0.25, 0.3) is 6.08 Å². The zero-order valence-electron chi connectivity index (χ0n) is 9.60. The van der Waals surface area contributed by atoms with Gasteiger partial charge in [-0.2, -0.15) is 0 Å². The van der Waals surface area contributed by atoms with E-state index < -0.39 is 5.97 Å². The Labute approximate surface area is 110 Å². The zero-order valence-corrected chi connectivity index (χ0v) is 10.4. The molecule has 0 amide bonds. The third kappa shape index (κ3) is 2.99. The second kappa shape index (κ2) is 5.52. The summed E-state index contributed by atoms with van der Waals surface area (Å²) in [5, 5.41) is 0.602. The van der Waals surface area contributed by atoms with Gasteiger partial charge in [-0.15, -0.1) is 0 Å². The highest BCUT2D eigenvalue weighted by Crippen LogP contribution is 2.17. The number of rotatable bonds is 3. The summed E-state index contributed by atoms with van der Waals surface area (Å²) in [6.07, 6.45) is 1.72. The van der Waals surface area contributed by atoms with Gasteiger partial charge in [-0.05, 0) is 42.0 Å². The first-order valence-electron chi connectivity index (χ1n) is 5.39. The van der Waals surface area contributed by atoms with Gasteiger partial charge in [0.05, 0.1) is 5.56 Å². The summed E-state index contributed by atoms with van der Waals surface area (Å²) < 4.78 is 5.21. The van der Waals surface area contributed by atoms with Crippen molar-refractivity contribution >= 4 is 23.6 Å². The lowest BCUT2D eigenvalue weighted by atomic mass is 10.1. The molecule has 0 bridgehead atoms. The van der Waals surface area contributed by atoms with Gasteiger partial charge in [0.1, 0.15) is 5.75 Å². The minimum absolute atomic E-state index is 0.395. The average Bonchev–Trinajstić information content (AvgIpc) is 2.41. The number of esters is 1. The van der Waals surface area contributed by atoms with Crippen LogP contribution in [0.15, 0.2) is 55.1 Å². The van der Waals surface area contributed by atoms with Gasteiger partial charge in [0.2, 0.25) is 0 Å². The molecule has 2 nitrogen and oxygen atoms in total.